The molecule has 0 atom stereocenters. The Morgan fingerprint density at radius 1 is 1.10 bits per heavy atom. The number of carbonyl (C=O) groups is 2. The number of ketones is 1. The van der Waals surface area contributed by atoms with Gasteiger partial charge in [0.15, 0.2) is 23.9 Å². The fraction of sp³-hybridized carbons (Fsp3) is 0.273. The highest BCUT2D eigenvalue weighted by molar-refractivity contribution is 6.07. The molecular formula is C22H23NO6. The monoisotopic (exact) mass is 397 g/mol. The van der Waals surface area contributed by atoms with Gasteiger partial charge in [0, 0.05) is 24.3 Å². The van der Waals surface area contributed by atoms with E-state index in [0.29, 0.717) is 11.3 Å². The molecule has 3 rings (SSSR count). The van der Waals surface area contributed by atoms with E-state index < -0.39 is 12.6 Å². The molecular weight excluding hydrogens is 374 g/mol. The molecule has 1 N–H and O–H groups in total. The van der Waals surface area contributed by atoms with Crippen molar-refractivity contribution in [2.24, 2.45) is 0 Å². The summed E-state index contributed by atoms with van der Waals surface area (Å²) in [5.74, 6) is -0.699. The lowest BCUT2D eigenvalue weighted by Gasteiger charge is -2.28. The van der Waals surface area contributed by atoms with Crippen molar-refractivity contribution in [2.75, 3.05) is 44.9 Å². The number of methoxy groups -OCH3 is 1. The molecule has 7 heteroatoms. The number of morpholine rings is 1. The molecule has 7 nitrogen and oxygen atoms in total. The van der Waals surface area contributed by atoms with Gasteiger partial charge in [0.2, 0.25) is 0 Å². The van der Waals surface area contributed by atoms with Crippen molar-refractivity contribution < 1.29 is 28.9 Å². The summed E-state index contributed by atoms with van der Waals surface area (Å²) < 4.78 is 15.7. The molecule has 0 aliphatic carbocycles. The van der Waals surface area contributed by atoms with Crippen LogP contribution in [0.4, 0.5) is 5.69 Å². The zero-order chi connectivity index (χ0) is 20.6. The number of hydrogen-bond acceptors (Lipinski definition) is 6. The van der Waals surface area contributed by atoms with Gasteiger partial charge in [-0.1, -0.05) is 18.2 Å². The van der Waals surface area contributed by atoms with Gasteiger partial charge in [-0.25, -0.2) is 4.79 Å². The van der Waals surface area contributed by atoms with E-state index in [0.717, 1.165) is 37.6 Å². The number of allylic oxidation sites excluding steroid dienone is 1. The molecule has 1 saturated heterocycles. The van der Waals surface area contributed by atoms with E-state index in [9.17, 15) is 9.59 Å². The maximum Gasteiger partial charge on any atom is 0.341 e. The number of rotatable bonds is 8. The second kappa shape index (κ2) is 9.75. The largest absolute Gasteiger partial charge is 0.493 e. The first kappa shape index (κ1) is 20.4. The second-order valence-electron chi connectivity index (χ2n) is 6.44. The zero-order valence-electron chi connectivity index (χ0n) is 16.2. The summed E-state index contributed by atoms with van der Waals surface area (Å²) in [4.78, 5) is 25.4. The van der Waals surface area contributed by atoms with Gasteiger partial charge in [-0.05, 0) is 42.0 Å². The van der Waals surface area contributed by atoms with Crippen LogP contribution in [0.3, 0.4) is 0 Å². The number of carboxylic acid groups (broad SMARTS) is 1. The van der Waals surface area contributed by atoms with Crippen molar-refractivity contribution in [1.29, 1.82) is 0 Å². The fourth-order valence-electron chi connectivity index (χ4n) is 2.97. The van der Waals surface area contributed by atoms with Crippen LogP contribution in [0.5, 0.6) is 11.5 Å². The van der Waals surface area contributed by atoms with Gasteiger partial charge in [0.1, 0.15) is 0 Å². The topological polar surface area (TPSA) is 85.3 Å². The lowest BCUT2D eigenvalue weighted by molar-refractivity contribution is -0.139. The molecule has 1 aliphatic heterocycles. The van der Waals surface area contributed by atoms with Crippen molar-refractivity contribution in [1.82, 2.24) is 0 Å². The molecule has 0 bridgehead atoms. The summed E-state index contributed by atoms with van der Waals surface area (Å²) in [6.07, 6.45) is 3.25. The van der Waals surface area contributed by atoms with Crippen molar-refractivity contribution >= 4 is 23.5 Å². The van der Waals surface area contributed by atoms with Crippen LogP contribution >= 0.6 is 0 Å². The van der Waals surface area contributed by atoms with E-state index in [1.54, 1.807) is 12.1 Å². The van der Waals surface area contributed by atoms with Crippen LogP contribution in [0.15, 0.2) is 48.5 Å². The number of carbonyl (C=O) groups excluding carboxylic acids is 1. The highest BCUT2D eigenvalue weighted by Crippen LogP contribution is 2.28. The van der Waals surface area contributed by atoms with Gasteiger partial charge < -0.3 is 24.2 Å². The smallest absolute Gasteiger partial charge is 0.341 e. The summed E-state index contributed by atoms with van der Waals surface area (Å²) in [5.41, 5.74) is 2.48. The van der Waals surface area contributed by atoms with Crippen LogP contribution in [0.1, 0.15) is 15.9 Å². The van der Waals surface area contributed by atoms with Crippen molar-refractivity contribution in [3.8, 4) is 11.5 Å². The molecule has 1 fully saturated rings. The Bertz CT molecular complexity index is 885. The Morgan fingerprint density at radius 3 is 2.48 bits per heavy atom. The fourth-order valence-corrected chi connectivity index (χ4v) is 2.97. The van der Waals surface area contributed by atoms with Crippen LogP contribution in [0.2, 0.25) is 0 Å². The maximum absolute atomic E-state index is 12.5. The minimum Gasteiger partial charge on any atom is -0.493 e. The molecule has 0 radical (unpaired) electrons. The van der Waals surface area contributed by atoms with E-state index >= 15 is 0 Å². The molecule has 0 saturated carbocycles. The number of aliphatic carboxylic acids is 1. The quantitative estimate of drug-likeness (QED) is 0.541. The summed E-state index contributed by atoms with van der Waals surface area (Å²) in [6.45, 7) is 2.74. The molecule has 0 amide bonds. The minimum absolute atomic E-state index is 0.189. The summed E-state index contributed by atoms with van der Waals surface area (Å²) >= 11 is 0. The first-order chi connectivity index (χ1) is 14.1. The van der Waals surface area contributed by atoms with Crippen LogP contribution in [-0.4, -0.2) is 56.9 Å². The molecule has 2 aromatic carbocycles. The van der Waals surface area contributed by atoms with E-state index in [2.05, 4.69) is 4.90 Å². The summed E-state index contributed by atoms with van der Waals surface area (Å²) in [6, 6.07) is 12.6. The number of carboxylic acids is 1. The van der Waals surface area contributed by atoms with Crippen molar-refractivity contribution in [3.05, 3.63) is 59.7 Å². The van der Waals surface area contributed by atoms with Crippen LogP contribution in [0.25, 0.3) is 6.08 Å². The first-order valence-electron chi connectivity index (χ1n) is 9.24. The lowest BCUT2D eigenvalue weighted by atomic mass is 10.1. The number of ether oxygens (including phenoxy) is 3. The number of nitrogens with zero attached hydrogens (tertiary/aromatic N) is 1. The van der Waals surface area contributed by atoms with Crippen LogP contribution < -0.4 is 14.4 Å². The minimum atomic E-state index is -1.09. The van der Waals surface area contributed by atoms with Crippen molar-refractivity contribution in [3.63, 3.8) is 0 Å². The van der Waals surface area contributed by atoms with Gasteiger partial charge in [0.05, 0.1) is 20.3 Å². The Hall–Kier alpha value is -3.32. The number of anilines is 1. The van der Waals surface area contributed by atoms with Gasteiger partial charge in [-0.3, -0.25) is 4.79 Å². The molecule has 152 valence electrons. The third kappa shape index (κ3) is 5.58. The normalized spacial score (nSPS) is 14.0. The zero-order valence-corrected chi connectivity index (χ0v) is 16.2. The maximum atomic E-state index is 12.5. The third-order valence-electron chi connectivity index (χ3n) is 4.50. The molecule has 1 heterocycles. The van der Waals surface area contributed by atoms with E-state index in [1.807, 2.05) is 24.3 Å². The molecule has 1 aliphatic rings. The van der Waals surface area contributed by atoms with Crippen molar-refractivity contribution in [2.45, 2.75) is 0 Å². The summed E-state index contributed by atoms with van der Waals surface area (Å²) in [7, 11) is 1.43. The molecule has 0 unspecified atom stereocenters. The second-order valence-corrected chi connectivity index (χ2v) is 6.44. The average molecular weight is 397 g/mol. The van der Waals surface area contributed by atoms with Gasteiger partial charge in [0.25, 0.3) is 0 Å². The highest BCUT2D eigenvalue weighted by atomic mass is 16.5. The third-order valence-corrected chi connectivity index (χ3v) is 4.50. The molecule has 2 aromatic rings. The lowest BCUT2D eigenvalue weighted by Crippen LogP contribution is -2.36. The van der Waals surface area contributed by atoms with Gasteiger partial charge in [-0.2, -0.15) is 0 Å². The highest BCUT2D eigenvalue weighted by Gasteiger charge is 2.12. The SMILES string of the molecule is COc1cc(C(=O)/C=C/c2ccc(N3CCOCC3)cc2)ccc1OCC(=O)O. The first-order valence-corrected chi connectivity index (χ1v) is 9.24. The van der Waals surface area contributed by atoms with E-state index in [-0.39, 0.29) is 11.5 Å². The summed E-state index contributed by atoms with van der Waals surface area (Å²) in [5, 5.41) is 8.71. The predicted octanol–water partition coefficient (Wildman–Crippen LogP) is 2.89. The van der Waals surface area contributed by atoms with Gasteiger partial charge >= 0.3 is 5.97 Å². The Kier molecular flexibility index (Phi) is 6.86. The molecule has 0 aromatic heterocycles. The van der Waals surface area contributed by atoms with Gasteiger partial charge in [-0.15, -0.1) is 0 Å². The average Bonchev–Trinajstić information content (AvgIpc) is 2.76. The van der Waals surface area contributed by atoms with Crippen LogP contribution in [-0.2, 0) is 9.53 Å². The Labute approximate surface area is 169 Å². The number of benzene rings is 2. The molecule has 29 heavy (non-hydrogen) atoms. The Balaban J connectivity index is 1.65. The standard InChI is InChI=1S/C22H23NO6/c1-27-21-14-17(5-9-20(21)29-15-22(25)26)19(24)8-4-16-2-6-18(7-3-16)23-10-12-28-13-11-23/h2-9,14H,10-13,15H2,1H3,(H,25,26)/b8-4+. The van der Waals surface area contributed by atoms with E-state index in [4.69, 9.17) is 19.3 Å². The van der Waals surface area contributed by atoms with Crippen LogP contribution in [0, 0.1) is 0 Å². The van der Waals surface area contributed by atoms with E-state index in [1.165, 1.54) is 25.3 Å². The predicted molar refractivity (Wildman–Crippen MR) is 109 cm³/mol. The number of hydrogen-bond donors (Lipinski definition) is 1. The Morgan fingerprint density at radius 2 is 1.83 bits per heavy atom. The molecule has 0 spiro atoms.